The minimum Gasteiger partial charge on any atom is -0.0619 e. The number of rotatable bonds is 0. The molecule has 24 heavy (non-hydrogen) atoms. The molecular formula is C24H16. The van der Waals surface area contributed by atoms with E-state index in [2.05, 4.69) is 72.8 Å². The van der Waals surface area contributed by atoms with Gasteiger partial charge in [0.1, 0.15) is 0 Å². The van der Waals surface area contributed by atoms with Crippen LogP contribution in [0.3, 0.4) is 0 Å². The van der Waals surface area contributed by atoms with Gasteiger partial charge >= 0.3 is 0 Å². The topological polar surface area (TPSA) is 0 Å². The van der Waals surface area contributed by atoms with Crippen molar-refractivity contribution in [2.75, 3.05) is 0 Å². The molecule has 0 aromatic heterocycles. The molecule has 112 valence electrons. The second-order valence-corrected chi connectivity index (χ2v) is 7.00. The maximum absolute atomic E-state index is 2.44. The Kier molecular flexibility index (Phi) is 2.28. The lowest BCUT2D eigenvalue weighted by Gasteiger charge is -2.10. The molecule has 0 saturated heterocycles. The Morgan fingerprint density at radius 3 is 2.08 bits per heavy atom. The molecule has 0 fully saturated rings. The highest BCUT2D eigenvalue weighted by atomic mass is 14.3. The summed E-state index contributed by atoms with van der Waals surface area (Å²) in [4.78, 5) is 0. The molecule has 2 aliphatic carbocycles. The zero-order valence-corrected chi connectivity index (χ0v) is 13.3. The molecule has 0 aliphatic heterocycles. The van der Waals surface area contributed by atoms with Gasteiger partial charge in [-0.15, -0.1) is 0 Å². The van der Waals surface area contributed by atoms with E-state index in [1.54, 1.807) is 0 Å². The highest BCUT2D eigenvalue weighted by molar-refractivity contribution is 6.04. The average molecular weight is 304 g/mol. The van der Waals surface area contributed by atoms with Crippen LogP contribution in [-0.4, -0.2) is 0 Å². The van der Waals surface area contributed by atoms with Crippen LogP contribution >= 0.6 is 0 Å². The first-order valence-corrected chi connectivity index (χ1v) is 8.63. The van der Waals surface area contributed by atoms with Gasteiger partial charge in [-0.05, 0) is 74.2 Å². The minimum atomic E-state index is 1.06. The molecule has 0 N–H and O–H groups in total. The molecule has 0 spiro atoms. The smallest absolute Gasteiger partial charge is 0.00132 e. The highest BCUT2D eigenvalue weighted by Gasteiger charge is 2.23. The standard InChI is InChI=1S/C24H16/c1-3-7-20-15(5-1)12-19-13-17-9-10-18-11-16-6-2-4-8-21(16)24(18)23(17)14-22(19)20/h1-10,13-14H,11-12H2. The summed E-state index contributed by atoms with van der Waals surface area (Å²) in [7, 11) is 0. The zero-order chi connectivity index (χ0) is 15.7. The van der Waals surface area contributed by atoms with Gasteiger partial charge in [0.15, 0.2) is 0 Å². The second kappa shape index (κ2) is 4.36. The van der Waals surface area contributed by atoms with Crippen molar-refractivity contribution in [3.8, 4) is 22.3 Å². The summed E-state index contributed by atoms with van der Waals surface area (Å²) in [6, 6.07) is 27.2. The third-order valence-electron chi connectivity index (χ3n) is 5.69. The van der Waals surface area contributed by atoms with E-state index < -0.39 is 0 Å². The normalized spacial score (nSPS) is 13.5. The number of fused-ring (bicyclic) bond motifs is 8. The van der Waals surface area contributed by atoms with Crippen molar-refractivity contribution in [3.63, 3.8) is 0 Å². The molecule has 4 aromatic rings. The Hall–Kier alpha value is -2.86. The lowest BCUT2D eigenvalue weighted by Crippen LogP contribution is -1.86. The Labute approximate surface area is 141 Å². The van der Waals surface area contributed by atoms with Crippen molar-refractivity contribution in [2.24, 2.45) is 0 Å². The van der Waals surface area contributed by atoms with Crippen LogP contribution in [0.25, 0.3) is 33.0 Å². The summed E-state index contributed by atoms with van der Waals surface area (Å²) in [6.07, 6.45) is 2.13. The third-order valence-corrected chi connectivity index (χ3v) is 5.69. The van der Waals surface area contributed by atoms with Crippen molar-refractivity contribution < 1.29 is 0 Å². The predicted molar refractivity (Wildman–Crippen MR) is 100 cm³/mol. The first-order chi connectivity index (χ1) is 11.9. The predicted octanol–water partition coefficient (Wildman–Crippen LogP) is 5.98. The van der Waals surface area contributed by atoms with Gasteiger partial charge in [-0.1, -0.05) is 66.7 Å². The van der Waals surface area contributed by atoms with Crippen LogP contribution in [0.4, 0.5) is 0 Å². The van der Waals surface area contributed by atoms with Gasteiger partial charge in [-0.2, -0.15) is 0 Å². The minimum absolute atomic E-state index is 1.06. The molecule has 0 amide bonds. The first kappa shape index (κ1) is 12.5. The quantitative estimate of drug-likeness (QED) is 0.324. The van der Waals surface area contributed by atoms with E-state index >= 15 is 0 Å². The van der Waals surface area contributed by atoms with Gasteiger partial charge in [0.2, 0.25) is 0 Å². The van der Waals surface area contributed by atoms with E-state index in [0.29, 0.717) is 0 Å². The molecule has 0 bridgehead atoms. The highest BCUT2D eigenvalue weighted by Crippen LogP contribution is 2.45. The number of hydrogen-bond acceptors (Lipinski definition) is 0. The summed E-state index contributed by atoms with van der Waals surface area (Å²) in [5.41, 5.74) is 11.6. The van der Waals surface area contributed by atoms with Crippen LogP contribution in [0, 0.1) is 0 Å². The zero-order valence-electron chi connectivity index (χ0n) is 13.3. The summed E-state index contributed by atoms with van der Waals surface area (Å²) in [5.74, 6) is 0. The van der Waals surface area contributed by atoms with Crippen LogP contribution < -0.4 is 0 Å². The summed E-state index contributed by atoms with van der Waals surface area (Å²) in [6.45, 7) is 0. The molecule has 2 aliphatic rings. The maximum Gasteiger partial charge on any atom is -0.00132 e. The molecule has 0 heteroatoms. The van der Waals surface area contributed by atoms with E-state index in [0.717, 1.165) is 12.8 Å². The molecule has 4 aromatic carbocycles. The van der Waals surface area contributed by atoms with Crippen molar-refractivity contribution in [1.29, 1.82) is 0 Å². The fourth-order valence-corrected chi connectivity index (χ4v) is 4.59. The lowest BCUT2D eigenvalue weighted by atomic mass is 9.94. The van der Waals surface area contributed by atoms with Gasteiger partial charge in [-0.25, -0.2) is 0 Å². The SMILES string of the molecule is c1ccc2c(c1)Cc1cc3ccc4c(c3cc1-2)-c1ccccc1C4. The second-order valence-electron chi connectivity index (χ2n) is 7.00. The van der Waals surface area contributed by atoms with Gasteiger partial charge < -0.3 is 0 Å². The van der Waals surface area contributed by atoms with Crippen molar-refractivity contribution in [3.05, 3.63) is 95.1 Å². The van der Waals surface area contributed by atoms with Crippen LogP contribution in [0.5, 0.6) is 0 Å². The Bertz CT molecular complexity index is 1150. The molecule has 6 rings (SSSR count). The first-order valence-electron chi connectivity index (χ1n) is 8.63. The molecule has 0 heterocycles. The molecular weight excluding hydrogens is 288 g/mol. The molecule has 0 atom stereocenters. The summed E-state index contributed by atoms with van der Waals surface area (Å²) < 4.78 is 0. The van der Waals surface area contributed by atoms with Crippen LogP contribution in [0.1, 0.15) is 22.3 Å². The monoisotopic (exact) mass is 304 g/mol. The largest absolute Gasteiger partial charge is 0.0619 e. The number of hydrogen-bond donors (Lipinski definition) is 0. The third kappa shape index (κ3) is 1.53. The van der Waals surface area contributed by atoms with Gasteiger partial charge in [0.05, 0.1) is 0 Å². The maximum atomic E-state index is 2.44. The lowest BCUT2D eigenvalue weighted by molar-refractivity contribution is 1.26. The van der Waals surface area contributed by atoms with E-state index in [9.17, 15) is 0 Å². The summed E-state index contributed by atoms with van der Waals surface area (Å²) in [5, 5.41) is 2.78. The average Bonchev–Trinajstić information content (AvgIpc) is 3.17. The Morgan fingerprint density at radius 1 is 0.500 bits per heavy atom. The van der Waals surface area contributed by atoms with Gasteiger partial charge in [-0.3, -0.25) is 0 Å². The summed E-state index contributed by atoms with van der Waals surface area (Å²) >= 11 is 0. The fourth-order valence-electron chi connectivity index (χ4n) is 4.59. The molecule has 0 nitrogen and oxygen atoms in total. The Morgan fingerprint density at radius 2 is 1.21 bits per heavy atom. The molecule has 0 radical (unpaired) electrons. The van der Waals surface area contributed by atoms with Crippen molar-refractivity contribution in [2.45, 2.75) is 12.8 Å². The van der Waals surface area contributed by atoms with Gasteiger partial charge in [0, 0.05) is 0 Å². The molecule has 0 unspecified atom stereocenters. The number of benzene rings is 4. The Balaban J connectivity index is 1.71. The van der Waals surface area contributed by atoms with Crippen molar-refractivity contribution >= 4 is 10.8 Å². The van der Waals surface area contributed by atoms with Crippen LogP contribution in [0.15, 0.2) is 72.8 Å². The van der Waals surface area contributed by atoms with Crippen LogP contribution in [0.2, 0.25) is 0 Å². The fraction of sp³-hybridized carbons (Fsp3) is 0.0833. The van der Waals surface area contributed by atoms with Gasteiger partial charge in [0.25, 0.3) is 0 Å². The van der Waals surface area contributed by atoms with E-state index in [1.807, 2.05) is 0 Å². The van der Waals surface area contributed by atoms with E-state index in [-0.39, 0.29) is 0 Å². The molecule has 0 saturated carbocycles. The van der Waals surface area contributed by atoms with Crippen molar-refractivity contribution in [1.82, 2.24) is 0 Å². The van der Waals surface area contributed by atoms with E-state index in [4.69, 9.17) is 0 Å². The van der Waals surface area contributed by atoms with Crippen LogP contribution in [-0.2, 0) is 12.8 Å². The van der Waals surface area contributed by atoms with E-state index in [1.165, 1.54) is 55.3 Å².